The molecular formula is C12H21NO3Si. The monoisotopic (exact) mass is 255 g/mol. The molecule has 0 aliphatic heterocycles. The SMILES string of the molecule is CO[Si](OC)(OC)C(CCN)c1ccccc1. The van der Waals surface area contributed by atoms with Crippen molar-refractivity contribution in [1.82, 2.24) is 0 Å². The minimum atomic E-state index is -2.69. The van der Waals surface area contributed by atoms with Crippen molar-refractivity contribution in [1.29, 1.82) is 0 Å². The summed E-state index contributed by atoms with van der Waals surface area (Å²) in [5.41, 5.74) is 6.91. The van der Waals surface area contributed by atoms with Crippen LogP contribution in [-0.4, -0.2) is 36.7 Å². The minimum absolute atomic E-state index is 0.0775. The van der Waals surface area contributed by atoms with Crippen molar-refractivity contribution in [2.75, 3.05) is 27.9 Å². The van der Waals surface area contributed by atoms with Crippen LogP contribution in [-0.2, 0) is 13.3 Å². The van der Waals surface area contributed by atoms with E-state index in [2.05, 4.69) is 12.1 Å². The highest BCUT2D eigenvalue weighted by Crippen LogP contribution is 2.31. The third-order valence-corrected chi connectivity index (χ3v) is 6.12. The highest BCUT2D eigenvalue weighted by atomic mass is 28.4. The van der Waals surface area contributed by atoms with Gasteiger partial charge in [-0.15, -0.1) is 0 Å². The molecule has 2 N–H and O–H groups in total. The normalized spacial score (nSPS) is 13.6. The Morgan fingerprint density at radius 3 is 2.00 bits per heavy atom. The maximum Gasteiger partial charge on any atom is 0.508 e. The number of rotatable bonds is 7. The summed E-state index contributed by atoms with van der Waals surface area (Å²) in [5, 5.41) is 0. The summed E-state index contributed by atoms with van der Waals surface area (Å²) in [6, 6.07) is 10.1. The van der Waals surface area contributed by atoms with Crippen molar-refractivity contribution >= 4 is 8.80 Å². The van der Waals surface area contributed by atoms with Crippen molar-refractivity contribution in [3.05, 3.63) is 35.9 Å². The van der Waals surface area contributed by atoms with E-state index in [1.54, 1.807) is 21.3 Å². The van der Waals surface area contributed by atoms with Crippen molar-refractivity contribution < 1.29 is 13.3 Å². The molecule has 1 aromatic rings. The van der Waals surface area contributed by atoms with E-state index in [0.717, 1.165) is 12.0 Å². The lowest BCUT2D eigenvalue weighted by Gasteiger charge is -2.32. The van der Waals surface area contributed by atoms with Crippen LogP contribution >= 0.6 is 0 Å². The number of hydrogen-bond acceptors (Lipinski definition) is 4. The molecule has 0 aliphatic carbocycles. The van der Waals surface area contributed by atoms with Gasteiger partial charge in [-0.25, -0.2) is 0 Å². The van der Waals surface area contributed by atoms with Gasteiger partial charge in [-0.2, -0.15) is 0 Å². The van der Waals surface area contributed by atoms with Gasteiger partial charge in [0.15, 0.2) is 0 Å². The van der Waals surface area contributed by atoms with Gasteiger partial charge in [0.25, 0.3) is 0 Å². The first-order chi connectivity index (χ1) is 8.24. The van der Waals surface area contributed by atoms with E-state index < -0.39 is 8.80 Å². The van der Waals surface area contributed by atoms with E-state index in [1.807, 2.05) is 18.2 Å². The molecule has 0 radical (unpaired) electrons. The molecule has 1 unspecified atom stereocenters. The molecule has 1 atom stereocenters. The predicted molar refractivity (Wildman–Crippen MR) is 69.6 cm³/mol. The lowest BCUT2D eigenvalue weighted by Crippen LogP contribution is -2.50. The Morgan fingerprint density at radius 1 is 1.06 bits per heavy atom. The Bertz CT molecular complexity index is 309. The van der Waals surface area contributed by atoms with E-state index in [0.29, 0.717) is 6.54 Å². The summed E-state index contributed by atoms with van der Waals surface area (Å²) in [4.78, 5) is 0. The second-order valence-corrected chi connectivity index (χ2v) is 6.89. The average Bonchev–Trinajstić information content (AvgIpc) is 2.41. The third kappa shape index (κ3) is 3.14. The van der Waals surface area contributed by atoms with Gasteiger partial charge >= 0.3 is 8.80 Å². The smallest absolute Gasteiger partial charge is 0.376 e. The van der Waals surface area contributed by atoms with Crippen LogP contribution in [0.15, 0.2) is 30.3 Å². The fourth-order valence-electron chi connectivity index (χ4n) is 2.08. The maximum atomic E-state index is 5.68. The van der Waals surface area contributed by atoms with Crippen molar-refractivity contribution in [2.24, 2.45) is 5.73 Å². The molecule has 0 fully saturated rings. The number of nitrogens with two attached hydrogens (primary N) is 1. The Morgan fingerprint density at radius 2 is 1.59 bits per heavy atom. The molecule has 0 heterocycles. The van der Waals surface area contributed by atoms with Crippen LogP contribution in [0.5, 0.6) is 0 Å². The molecule has 5 heteroatoms. The lowest BCUT2D eigenvalue weighted by molar-refractivity contribution is 0.111. The molecule has 17 heavy (non-hydrogen) atoms. The molecule has 0 spiro atoms. The quantitative estimate of drug-likeness (QED) is 0.751. The molecule has 0 saturated carbocycles. The van der Waals surface area contributed by atoms with Crippen LogP contribution in [0, 0.1) is 0 Å². The standard InChI is InChI=1S/C12H21NO3Si/c1-14-17(15-2,16-3)12(9-10-13)11-7-5-4-6-8-11/h4-8,12H,9-10,13H2,1-3H3. The van der Waals surface area contributed by atoms with Gasteiger partial charge < -0.3 is 19.0 Å². The lowest BCUT2D eigenvalue weighted by atomic mass is 10.1. The van der Waals surface area contributed by atoms with E-state index >= 15 is 0 Å². The summed E-state index contributed by atoms with van der Waals surface area (Å²) in [6.45, 7) is 0.574. The van der Waals surface area contributed by atoms with E-state index in [1.165, 1.54) is 0 Å². The Labute approximate surface area is 104 Å². The summed E-state index contributed by atoms with van der Waals surface area (Å²) < 4.78 is 16.6. The molecule has 4 nitrogen and oxygen atoms in total. The number of benzene rings is 1. The highest BCUT2D eigenvalue weighted by molar-refractivity contribution is 6.62. The van der Waals surface area contributed by atoms with Gasteiger partial charge in [-0.05, 0) is 18.5 Å². The Hall–Kier alpha value is -0.723. The molecule has 0 saturated heterocycles. The van der Waals surface area contributed by atoms with Crippen molar-refractivity contribution in [3.8, 4) is 0 Å². The molecule has 96 valence electrons. The van der Waals surface area contributed by atoms with Gasteiger partial charge in [0.1, 0.15) is 0 Å². The van der Waals surface area contributed by atoms with Crippen LogP contribution in [0.4, 0.5) is 0 Å². The minimum Gasteiger partial charge on any atom is -0.376 e. The predicted octanol–water partition coefficient (Wildman–Crippen LogP) is 1.54. The molecule has 0 bridgehead atoms. The van der Waals surface area contributed by atoms with E-state index in [4.69, 9.17) is 19.0 Å². The van der Waals surface area contributed by atoms with Crippen molar-refractivity contribution in [2.45, 2.75) is 12.0 Å². The largest absolute Gasteiger partial charge is 0.508 e. The van der Waals surface area contributed by atoms with Crippen LogP contribution in [0.3, 0.4) is 0 Å². The molecule has 0 aromatic heterocycles. The molecule has 1 rings (SSSR count). The van der Waals surface area contributed by atoms with Gasteiger partial charge in [-0.3, -0.25) is 0 Å². The summed E-state index contributed by atoms with van der Waals surface area (Å²) in [6.07, 6.45) is 0.783. The van der Waals surface area contributed by atoms with Gasteiger partial charge in [0.2, 0.25) is 0 Å². The van der Waals surface area contributed by atoms with Gasteiger partial charge in [0, 0.05) is 21.3 Å². The number of hydrogen-bond donors (Lipinski definition) is 1. The maximum absolute atomic E-state index is 5.68. The van der Waals surface area contributed by atoms with Crippen LogP contribution in [0.25, 0.3) is 0 Å². The van der Waals surface area contributed by atoms with Crippen LogP contribution in [0.1, 0.15) is 17.5 Å². The van der Waals surface area contributed by atoms with E-state index in [-0.39, 0.29) is 5.54 Å². The third-order valence-electron chi connectivity index (χ3n) is 2.94. The second kappa shape index (κ2) is 6.88. The van der Waals surface area contributed by atoms with Gasteiger partial charge in [0.05, 0.1) is 5.54 Å². The molecule has 0 aliphatic rings. The summed E-state index contributed by atoms with van der Waals surface area (Å²) in [7, 11) is 2.20. The van der Waals surface area contributed by atoms with Crippen molar-refractivity contribution in [3.63, 3.8) is 0 Å². The zero-order chi connectivity index (χ0) is 12.7. The van der Waals surface area contributed by atoms with E-state index in [9.17, 15) is 0 Å². The summed E-state index contributed by atoms with van der Waals surface area (Å²) in [5.74, 6) is 0. The summed E-state index contributed by atoms with van der Waals surface area (Å²) >= 11 is 0. The van der Waals surface area contributed by atoms with Gasteiger partial charge in [-0.1, -0.05) is 30.3 Å². The first-order valence-electron chi connectivity index (χ1n) is 5.64. The Balaban J connectivity index is 3.07. The zero-order valence-electron chi connectivity index (χ0n) is 10.7. The first-order valence-corrected chi connectivity index (χ1v) is 7.44. The topological polar surface area (TPSA) is 53.7 Å². The highest BCUT2D eigenvalue weighted by Gasteiger charge is 2.47. The Kier molecular flexibility index (Phi) is 5.80. The molecule has 1 aromatic carbocycles. The zero-order valence-corrected chi connectivity index (χ0v) is 11.7. The molecular weight excluding hydrogens is 234 g/mol. The fourth-order valence-corrected chi connectivity index (χ4v) is 4.55. The first kappa shape index (κ1) is 14.3. The second-order valence-electron chi connectivity index (χ2n) is 3.76. The molecule has 0 amide bonds. The fraction of sp³-hybridized carbons (Fsp3) is 0.500. The average molecular weight is 255 g/mol. The van der Waals surface area contributed by atoms with Crippen LogP contribution < -0.4 is 5.73 Å². The van der Waals surface area contributed by atoms with Crippen LogP contribution in [0.2, 0.25) is 0 Å².